The number of nitrogens with zero attached hydrogens (tertiary/aromatic N) is 6. The summed E-state index contributed by atoms with van der Waals surface area (Å²) in [4.78, 5) is 26.6. The van der Waals surface area contributed by atoms with Crippen molar-refractivity contribution in [2.45, 2.75) is 45.6 Å². The summed E-state index contributed by atoms with van der Waals surface area (Å²) in [5.74, 6) is 1.01. The normalized spacial score (nSPS) is 20.8. The van der Waals surface area contributed by atoms with Gasteiger partial charge >= 0.3 is 0 Å². The SMILES string of the molecule is C=NCC1CCN(c2nc3cc(C4CCCCN4C(=O)c4cccc(F)c4C)nn3cc2C)C1. The van der Waals surface area contributed by atoms with E-state index < -0.39 is 0 Å². The third kappa shape index (κ3) is 4.06. The van der Waals surface area contributed by atoms with Gasteiger partial charge in [-0.25, -0.2) is 13.9 Å². The van der Waals surface area contributed by atoms with Crippen molar-refractivity contribution >= 4 is 24.1 Å². The number of amides is 1. The summed E-state index contributed by atoms with van der Waals surface area (Å²) in [6.45, 7) is 10.7. The van der Waals surface area contributed by atoms with Crippen molar-refractivity contribution in [1.29, 1.82) is 0 Å². The predicted molar refractivity (Wildman–Crippen MR) is 131 cm³/mol. The second kappa shape index (κ2) is 9.16. The highest BCUT2D eigenvalue weighted by atomic mass is 19.1. The molecule has 2 aliphatic rings. The molecule has 4 heterocycles. The number of carbonyl (C=O) groups is 1. The molecule has 0 bridgehead atoms. The lowest BCUT2D eigenvalue weighted by atomic mass is 9.97. The van der Waals surface area contributed by atoms with Crippen LogP contribution in [0.25, 0.3) is 5.65 Å². The monoisotopic (exact) mass is 462 g/mol. The molecule has 2 unspecified atom stereocenters. The molecule has 0 saturated carbocycles. The maximum Gasteiger partial charge on any atom is 0.254 e. The van der Waals surface area contributed by atoms with E-state index in [1.165, 1.54) is 6.07 Å². The number of benzene rings is 1. The Morgan fingerprint density at radius 2 is 2.09 bits per heavy atom. The van der Waals surface area contributed by atoms with Gasteiger partial charge in [0.05, 0.1) is 11.7 Å². The predicted octanol–water partition coefficient (Wildman–Crippen LogP) is 4.38. The van der Waals surface area contributed by atoms with Crippen molar-refractivity contribution in [2.75, 3.05) is 31.1 Å². The van der Waals surface area contributed by atoms with Crippen molar-refractivity contribution in [3.63, 3.8) is 0 Å². The summed E-state index contributed by atoms with van der Waals surface area (Å²) in [7, 11) is 0. The molecular weight excluding hydrogens is 431 g/mol. The molecule has 2 aliphatic heterocycles. The van der Waals surface area contributed by atoms with Gasteiger partial charge in [0.1, 0.15) is 11.6 Å². The first-order chi connectivity index (χ1) is 16.5. The first kappa shape index (κ1) is 22.5. The second-order valence-electron chi connectivity index (χ2n) is 9.55. The van der Waals surface area contributed by atoms with E-state index in [1.54, 1.807) is 19.1 Å². The van der Waals surface area contributed by atoms with Crippen LogP contribution in [0.15, 0.2) is 35.5 Å². The average Bonchev–Trinajstić information content (AvgIpc) is 3.47. The molecule has 8 heteroatoms. The molecule has 178 valence electrons. The minimum Gasteiger partial charge on any atom is -0.356 e. The summed E-state index contributed by atoms with van der Waals surface area (Å²) < 4.78 is 15.9. The molecule has 0 radical (unpaired) electrons. The zero-order valence-electron chi connectivity index (χ0n) is 19.9. The Kier molecular flexibility index (Phi) is 6.06. The number of carbonyl (C=O) groups excluding carboxylic acids is 1. The molecule has 34 heavy (non-hydrogen) atoms. The van der Waals surface area contributed by atoms with Crippen molar-refractivity contribution in [1.82, 2.24) is 19.5 Å². The molecular formula is C26H31FN6O. The Balaban J connectivity index is 1.45. The quantitative estimate of drug-likeness (QED) is 0.528. The van der Waals surface area contributed by atoms with Gasteiger partial charge in [-0.15, -0.1) is 0 Å². The van der Waals surface area contributed by atoms with Crippen molar-refractivity contribution in [3.05, 3.63) is 58.7 Å². The number of piperidine rings is 1. The fourth-order valence-corrected chi connectivity index (χ4v) is 5.33. The Morgan fingerprint density at radius 1 is 1.24 bits per heavy atom. The summed E-state index contributed by atoms with van der Waals surface area (Å²) in [5.41, 5.74) is 3.50. The lowest BCUT2D eigenvalue weighted by Crippen LogP contribution is -2.39. The van der Waals surface area contributed by atoms with Crippen LogP contribution in [0.1, 0.15) is 58.9 Å². The largest absolute Gasteiger partial charge is 0.356 e. The van der Waals surface area contributed by atoms with E-state index in [1.807, 2.05) is 21.7 Å². The third-order valence-electron chi connectivity index (χ3n) is 7.20. The average molecular weight is 463 g/mol. The fourth-order valence-electron chi connectivity index (χ4n) is 5.33. The Morgan fingerprint density at radius 3 is 2.91 bits per heavy atom. The van der Waals surface area contributed by atoms with Crippen molar-refractivity contribution in [2.24, 2.45) is 10.9 Å². The number of aliphatic imine (C=N–C) groups is 1. The second-order valence-corrected chi connectivity index (χ2v) is 9.55. The minimum absolute atomic E-state index is 0.137. The van der Waals surface area contributed by atoms with Crippen LogP contribution in [0, 0.1) is 25.6 Å². The number of hydrogen-bond acceptors (Lipinski definition) is 5. The van der Waals surface area contributed by atoms with Crippen LogP contribution < -0.4 is 4.90 Å². The summed E-state index contributed by atoms with van der Waals surface area (Å²) in [6.07, 6.45) is 5.90. The smallest absolute Gasteiger partial charge is 0.254 e. The number of aromatic nitrogens is 3. The molecule has 0 aliphatic carbocycles. The van der Waals surface area contributed by atoms with E-state index in [0.717, 1.165) is 68.0 Å². The van der Waals surface area contributed by atoms with Crippen LogP contribution in [0.4, 0.5) is 10.2 Å². The van der Waals surface area contributed by atoms with Gasteiger partial charge in [0.25, 0.3) is 5.91 Å². The van der Waals surface area contributed by atoms with Crippen LogP contribution in [0.5, 0.6) is 0 Å². The van der Waals surface area contributed by atoms with Crippen LogP contribution in [0.2, 0.25) is 0 Å². The van der Waals surface area contributed by atoms with Crippen LogP contribution >= 0.6 is 0 Å². The number of hydrogen-bond donors (Lipinski definition) is 0. The van der Waals surface area contributed by atoms with Gasteiger partial charge in [0.15, 0.2) is 5.65 Å². The number of likely N-dealkylation sites (tertiary alicyclic amines) is 1. The van der Waals surface area contributed by atoms with E-state index in [4.69, 9.17) is 10.1 Å². The molecule has 0 N–H and O–H groups in total. The first-order valence-electron chi connectivity index (χ1n) is 12.1. The lowest BCUT2D eigenvalue weighted by Gasteiger charge is -2.35. The summed E-state index contributed by atoms with van der Waals surface area (Å²) in [6, 6.07) is 6.55. The number of halogens is 1. The van der Waals surface area contributed by atoms with Gasteiger partial charge in [-0.3, -0.25) is 4.79 Å². The summed E-state index contributed by atoms with van der Waals surface area (Å²) in [5, 5.41) is 4.82. The van der Waals surface area contributed by atoms with Crippen molar-refractivity contribution < 1.29 is 9.18 Å². The first-order valence-corrected chi connectivity index (χ1v) is 12.1. The fraction of sp³-hybridized carbons (Fsp3) is 0.462. The maximum absolute atomic E-state index is 14.1. The van der Waals surface area contributed by atoms with Gasteiger partial charge in [-0.1, -0.05) is 6.07 Å². The molecule has 2 saturated heterocycles. The standard InChI is InChI=1S/C26H31FN6O/c1-17-15-33-24(29-25(17)31-12-10-19(16-31)14-28-3)13-22(30-33)23-9-4-5-11-32(23)26(34)20-7-6-8-21(27)18(20)2/h6-8,13,15,19,23H,3-5,9-12,14,16H2,1-2H3. The third-order valence-corrected chi connectivity index (χ3v) is 7.20. The molecule has 2 fully saturated rings. The minimum atomic E-state index is -0.354. The zero-order valence-corrected chi connectivity index (χ0v) is 19.9. The molecule has 0 spiro atoms. The Bertz CT molecular complexity index is 1240. The lowest BCUT2D eigenvalue weighted by molar-refractivity contribution is 0.0604. The number of rotatable bonds is 5. The highest BCUT2D eigenvalue weighted by Crippen LogP contribution is 2.33. The molecule has 5 rings (SSSR count). The molecule has 1 aromatic carbocycles. The highest BCUT2D eigenvalue weighted by molar-refractivity contribution is 5.96. The topological polar surface area (TPSA) is 66.1 Å². The molecule has 1 amide bonds. The van der Waals surface area contributed by atoms with Crippen molar-refractivity contribution in [3.8, 4) is 0 Å². The number of fused-ring (bicyclic) bond motifs is 1. The van der Waals surface area contributed by atoms with E-state index in [0.29, 0.717) is 23.6 Å². The van der Waals surface area contributed by atoms with Gasteiger partial charge in [0, 0.05) is 49.6 Å². The molecule has 2 aromatic heterocycles. The van der Waals surface area contributed by atoms with E-state index in [9.17, 15) is 9.18 Å². The number of anilines is 1. The van der Waals surface area contributed by atoms with Gasteiger partial charge < -0.3 is 14.8 Å². The van der Waals surface area contributed by atoms with Gasteiger partial charge in [-0.05, 0) is 69.9 Å². The molecule has 7 nitrogen and oxygen atoms in total. The van der Waals surface area contributed by atoms with Crippen LogP contribution in [-0.2, 0) is 0 Å². The number of aryl methyl sites for hydroxylation is 1. The Labute approximate surface area is 199 Å². The molecule has 2 atom stereocenters. The molecule has 3 aromatic rings. The highest BCUT2D eigenvalue weighted by Gasteiger charge is 2.32. The van der Waals surface area contributed by atoms with Gasteiger partial charge in [-0.2, -0.15) is 5.10 Å². The summed E-state index contributed by atoms with van der Waals surface area (Å²) >= 11 is 0. The van der Waals surface area contributed by atoms with E-state index in [2.05, 4.69) is 23.5 Å². The Hall–Kier alpha value is -3.29. The maximum atomic E-state index is 14.1. The van der Waals surface area contributed by atoms with Crippen LogP contribution in [-0.4, -0.2) is 58.3 Å². The van der Waals surface area contributed by atoms with E-state index in [-0.39, 0.29) is 17.8 Å². The zero-order chi connectivity index (χ0) is 23.8. The van der Waals surface area contributed by atoms with Gasteiger partial charge in [0.2, 0.25) is 0 Å². The van der Waals surface area contributed by atoms with Crippen LogP contribution in [0.3, 0.4) is 0 Å². The van der Waals surface area contributed by atoms with E-state index >= 15 is 0 Å².